The molecule has 0 amide bonds. The van der Waals surface area contributed by atoms with Gasteiger partial charge in [0.2, 0.25) is 0 Å². The minimum absolute atomic E-state index is 0.192. The summed E-state index contributed by atoms with van der Waals surface area (Å²) < 4.78 is 4.74. The van der Waals surface area contributed by atoms with Gasteiger partial charge in [0.05, 0.1) is 13.0 Å². The fourth-order valence-corrected chi connectivity index (χ4v) is 0.747. The molecule has 0 atom stereocenters. The van der Waals surface area contributed by atoms with Crippen LogP contribution in [0.15, 0.2) is 4.99 Å². The Kier molecular flexibility index (Phi) is 5.43. The van der Waals surface area contributed by atoms with Gasteiger partial charge in [-0.1, -0.05) is 0 Å². The summed E-state index contributed by atoms with van der Waals surface area (Å²) >= 11 is 0. The van der Waals surface area contributed by atoms with Gasteiger partial charge in [-0.3, -0.25) is 9.79 Å². The molecule has 0 aliphatic carbocycles. The van der Waals surface area contributed by atoms with Gasteiger partial charge in [0.25, 0.3) is 0 Å². The Hall–Kier alpha value is -0.860. The Bertz CT molecular complexity index is 152. The van der Waals surface area contributed by atoms with Crippen molar-refractivity contribution in [2.24, 2.45) is 4.99 Å². The summed E-state index contributed by atoms with van der Waals surface area (Å²) in [6, 6.07) is 0. The predicted octanol–water partition coefficient (Wildman–Crippen LogP) is 1.42. The molecule has 0 saturated carbocycles. The smallest absolute Gasteiger partial charge is 0.311 e. The third kappa shape index (κ3) is 5.58. The molecule has 0 rings (SSSR count). The molecule has 0 N–H and O–H groups in total. The van der Waals surface area contributed by atoms with Crippen LogP contribution >= 0.6 is 0 Å². The van der Waals surface area contributed by atoms with Crippen molar-refractivity contribution in [2.45, 2.75) is 27.2 Å². The van der Waals surface area contributed by atoms with Crippen molar-refractivity contribution >= 4 is 11.7 Å². The number of hydrogen-bond donors (Lipinski definition) is 0. The molecule has 0 aliphatic rings. The SMILES string of the molecule is CC/N=C(\C)CC(=O)OCC. The van der Waals surface area contributed by atoms with Gasteiger partial charge in [-0.25, -0.2) is 0 Å². The summed E-state index contributed by atoms with van der Waals surface area (Å²) in [5.74, 6) is -0.192. The zero-order valence-electron chi connectivity index (χ0n) is 7.39. The van der Waals surface area contributed by atoms with Gasteiger partial charge in [-0.2, -0.15) is 0 Å². The lowest BCUT2D eigenvalue weighted by atomic mass is 10.3. The van der Waals surface area contributed by atoms with Crippen LogP contribution in [0.3, 0.4) is 0 Å². The summed E-state index contributed by atoms with van der Waals surface area (Å²) in [6.45, 7) is 6.74. The predicted molar refractivity (Wildman–Crippen MR) is 44.9 cm³/mol. The lowest BCUT2D eigenvalue weighted by molar-refractivity contribution is -0.141. The third-order valence-electron chi connectivity index (χ3n) is 1.13. The van der Waals surface area contributed by atoms with Crippen LogP contribution in [0.2, 0.25) is 0 Å². The molecule has 0 saturated heterocycles. The lowest BCUT2D eigenvalue weighted by Gasteiger charge is -1.99. The molecule has 0 aliphatic heterocycles. The highest BCUT2D eigenvalue weighted by molar-refractivity contribution is 5.97. The van der Waals surface area contributed by atoms with Crippen molar-refractivity contribution in [2.75, 3.05) is 13.2 Å². The Morgan fingerprint density at radius 1 is 1.45 bits per heavy atom. The van der Waals surface area contributed by atoms with Gasteiger partial charge in [0, 0.05) is 12.3 Å². The fraction of sp³-hybridized carbons (Fsp3) is 0.750. The van der Waals surface area contributed by atoms with E-state index < -0.39 is 0 Å². The topological polar surface area (TPSA) is 38.7 Å². The number of carbonyl (C=O) groups excluding carboxylic acids is 1. The largest absolute Gasteiger partial charge is 0.466 e. The number of esters is 1. The first-order valence-electron chi connectivity index (χ1n) is 3.86. The Morgan fingerprint density at radius 2 is 2.09 bits per heavy atom. The van der Waals surface area contributed by atoms with E-state index in [-0.39, 0.29) is 5.97 Å². The average molecular weight is 157 g/mol. The van der Waals surface area contributed by atoms with E-state index in [4.69, 9.17) is 4.74 Å². The third-order valence-corrected chi connectivity index (χ3v) is 1.13. The van der Waals surface area contributed by atoms with Gasteiger partial charge in [-0.15, -0.1) is 0 Å². The summed E-state index contributed by atoms with van der Waals surface area (Å²) in [6.07, 6.45) is 0.321. The number of hydrogen-bond acceptors (Lipinski definition) is 3. The second-order valence-corrected chi connectivity index (χ2v) is 2.19. The first kappa shape index (κ1) is 10.1. The van der Waals surface area contributed by atoms with Gasteiger partial charge < -0.3 is 4.74 Å². The zero-order chi connectivity index (χ0) is 8.69. The molecule has 0 unspecified atom stereocenters. The van der Waals surface area contributed by atoms with Gasteiger partial charge in [0.1, 0.15) is 0 Å². The first-order valence-corrected chi connectivity index (χ1v) is 3.86. The summed E-state index contributed by atoms with van der Waals surface area (Å²) in [7, 11) is 0. The van der Waals surface area contributed by atoms with Crippen LogP contribution in [0.5, 0.6) is 0 Å². The summed E-state index contributed by atoms with van der Waals surface area (Å²) in [4.78, 5) is 14.9. The zero-order valence-corrected chi connectivity index (χ0v) is 7.39. The quantitative estimate of drug-likeness (QED) is 0.457. The molecule has 0 heterocycles. The molecule has 0 bridgehead atoms. The molecule has 0 fully saturated rings. The molecule has 3 heteroatoms. The average Bonchev–Trinajstić information content (AvgIpc) is 1.87. The molecule has 0 aromatic heterocycles. The summed E-state index contributed by atoms with van der Waals surface area (Å²) in [5, 5.41) is 0. The van der Waals surface area contributed by atoms with Crippen LogP contribution in [0.25, 0.3) is 0 Å². The van der Waals surface area contributed by atoms with E-state index in [1.54, 1.807) is 6.92 Å². The molecular weight excluding hydrogens is 142 g/mol. The van der Waals surface area contributed by atoms with Crippen molar-refractivity contribution in [3.8, 4) is 0 Å². The fourth-order valence-electron chi connectivity index (χ4n) is 0.747. The molecule has 0 aromatic rings. The van der Waals surface area contributed by atoms with Crippen LogP contribution in [-0.2, 0) is 9.53 Å². The maximum Gasteiger partial charge on any atom is 0.311 e. The van der Waals surface area contributed by atoms with Crippen LogP contribution < -0.4 is 0 Å². The lowest BCUT2D eigenvalue weighted by Crippen LogP contribution is -2.08. The second kappa shape index (κ2) is 5.89. The number of ether oxygens (including phenoxy) is 1. The molecule has 3 nitrogen and oxygen atoms in total. The van der Waals surface area contributed by atoms with Crippen LogP contribution in [-0.4, -0.2) is 24.8 Å². The molecule has 11 heavy (non-hydrogen) atoms. The Morgan fingerprint density at radius 3 is 2.55 bits per heavy atom. The van der Waals surface area contributed by atoms with Crippen molar-refractivity contribution in [1.29, 1.82) is 0 Å². The number of rotatable bonds is 4. The minimum Gasteiger partial charge on any atom is -0.466 e. The Labute approximate surface area is 67.5 Å². The van der Waals surface area contributed by atoms with Crippen molar-refractivity contribution in [3.05, 3.63) is 0 Å². The standard InChI is InChI=1S/C8H15NO2/c1-4-9-7(3)6-8(10)11-5-2/h4-6H2,1-3H3/b9-7+. The second-order valence-electron chi connectivity index (χ2n) is 2.19. The normalized spacial score (nSPS) is 11.4. The van der Waals surface area contributed by atoms with E-state index in [0.29, 0.717) is 13.0 Å². The van der Waals surface area contributed by atoms with E-state index in [2.05, 4.69) is 4.99 Å². The van der Waals surface area contributed by atoms with E-state index in [9.17, 15) is 4.79 Å². The maximum atomic E-state index is 10.8. The van der Waals surface area contributed by atoms with Crippen LogP contribution in [0, 0.1) is 0 Å². The number of nitrogens with zero attached hydrogens (tertiary/aromatic N) is 1. The number of aliphatic imine (C=N–C) groups is 1. The first-order chi connectivity index (χ1) is 5.20. The molecular formula is C8H15NO2. The van der Waals surface area contributed by atoms with E-state index >= 15 is 0 Å². The minimum atomic E-state index is -0.192. The maximum absolute atomic E-state index is 10.8. The molecule has 0 aromatic carbocycles. The monoisotopic (exact) mass is 157 g/mol. The van der Waals surface area contributed by atoms with Crippen molar-refractivity contribution in [3.63, 3.8) is 0 Å². The van der Waals surface area contributed by atoms with Gasteiger partial charge >= 0.3 is 5.97 Å². The molecule has 64 valence electrons. The summed E-state index contributed by atoms with van der Waals surface area (Å²) in [5.41, 5.74) is 0.839. The molecule has 0 radical (unpaired) electrons. The number of carbonyl (C=O) groups is 1. The van der Waals surface area contributed by atoms with E-state index in [1.165, 1.54) is 0 Å². The molecule has 0 spiro atoms. The van der Waals surface area contributed by atoms with Crippen LogP contribution in [0.4, 0.5) is 0 Å². The Balaban J connectivity index is 3.66. The van der Waals surface area contributed by atoms with Gasteiger partial charge in [0.15, 0.2) is 0 Å². The van der Waals surface area contributed by atoms with Crippen molar-refractivity contribution in [1.82, 2.24) is 0 Å². The van der Waals surface area contributed by atoms with Gasteiger partial charge in [-0.05, 0) is 20.8 Å². The van der Waals surface area contributed by atoms with E-state index in [0.717, 1.165) is 12.3 Å². The van der Waals surface area contributed by atoms with Crippen LogP contribution in [0.1, 0.15) is 27.2 Å². The highest BCUT2D eigenvalue weighted by Crippen LogP contribution is 1.90. The highest BCUT2D eigenvalue weighted by Gasteiger charge is 2.02. The highest BCUT2D eigenvalue weighted by atomic mass is 16.5. The van der Waals surface area contributed by atoms with Crippen molar-refractivity contribution < 1.29 is 9.53 Å². The van der Waals surface area contributed by atoms with E-state index in [1.807, 2.05) is 13.8 Å².